The van der Waals surface area contributed by atoms with Gasteiger partial charge in [0.2, 0.25) is 0 Å². The van der Waals surface area contributed by atoms with Crippen molar-refractivity contribution in [2.24, 2.45) is 0 Å². The molecule has 0 fully saturated rings. The van der Waals surface area contributed by atoms with Gasteiger partial charge in [0.25, 0.3) is 5.69 Å². The van der Waals surface area contributed by atoms with Crippen molar-refractivity contribution in [2.75, 3.05) is 0 Å². The summed E-state index contributed by atoms with van der Waals surface area (Å²) in [6.07, 6.45) is 3.18. The van der Waals surface area contributed by atoms with E-state index >= 15 is 0 Å². The highest BCUT2D eigenvalue weighted by Crippen LogP contribution is 2.17. The predicted octanol–water partition coefficient (Wildman–Crippen LogP) is 4.71. The fourth-order valence-corrected chi connectivity index (χ4v) is 2.83. The molecule has 0 spiro atoms. The predicted molar refractivity (Wildman–Crippen MR) is 110 cm³/mol. The van der Waals surface area contributed by atoms with Gasteiger partial charge in [-0.1, -0.05) is 66.7 Å². The van der Waals surface area contributed by atoms with Gasteiger partial charge in [-0.15, -0.1) is 0 Å². The maximum atomic E-state index is 12.9. The molecule has 3 rings (SSSR count). The molecule has 28 heavy (non-hydrogen) atoms. The molecule has 0 bridgehead atoms. The van der Waals surface area contributed by atoms with Crippen molar-refractivity contribution in [1.29, 1.82) is 0 Å². The smallest absolute Gasteiger partial charge is 0.269 e. The Morgan fingerprint density at radius 1 is 0.929 bits per heavy atom. The van der Waals surface area contributed by atoms with Crippen molar-refractivity contribution < 1.29 is 9.72 Å². The average molecular weight is 372 g/mol. The SMILES string of the molecule is O=C(C=Cc1ccc([N+](=O)[O-])cc1)C(NCc1ccccc1)c1ccccc1. The molecule has 0 aliphatic carbocycles. The zero-order valence-corrected chi connectivity index (χ0v) is 15.2. The van der Waals surface area contributed by atoms with Gasteiger partial charge < -0.3 is 0 Å². The molecule has 140 valence electrons. The number of non-ortho nitro benzene ring substituents is 1. The summed E-state index contributed by atoms with van der Waals surface area (Å²) in [7, 11) is 0. The van der Waals surface area contributed by atoms with Crippen molar-refractivity contribution in [3.05, 3.63) is 118 Å². The lowest BCUT2D eigenvalue weighted by atomic mass is 10.0. The molecule has 0 radical (unpaired) electrons. The van der Waals surface area contributed by atoms with Gasteiger partial charge >= 0.3 is 0 Å². The Bertz CT molecular complexity index is 952. The summed E-state index contributed by atoms with van der Waals surface area (Å²) in [5.74, 6) is -0.0829. The summed E-state index contributed by atoms with van der Waals surface area (Å²) in [6, 6.07) is 25.1. The minimum absolute atomic E-state index is 0.0233. The Balaban J connectivity index is 1.75. The van der Waals surface area contributed by atoms with E-state index in [-0.39, 0.29) is 11.5 Å². The first-order chi connectivity index (χ1) is 13.6. The Labute approximate surface area is 163 Å². The Hall–Kier alpha value is -3.57. The second-order valence-electron chi connectivity index (χ2n) is 6.29. The van der Waals surface area contributed by atoms with Crippen LogP contribution in [0.25, 0.3) is 6.08 Å². The van der Waals surface area contributed by atoms with Gasteiger partial charge in [0.1, 0.15) is 0 Å². The Morgan fingerprint density at radius 3 is 2.14 bits per heavy atom. The van der Waals surface area contributed by atoms with Crippen LogP contribution in [0.1, 0.15) is 22.7 Å². The molecule has 1 N–H and O–H groups in total. The summed E-state index contributed by atoms with van der Waals surface area (Å²) in [6.45, 7) is 0.567. The molecule has 0 aliphatic heterocycles. The minimum atomic E-state index is -0.476. The van der Waals surface area contributed by atoms with Gasteiger partial charge in [0.15, 0.2) is 5.78 Å². The van der Waals surface area contributed by atoms with Crippen LogP contribution in [-0.2, 0) is 11.3 Å². The van der Waals surface area contributed by atoms with Crippen molar-refractivity contribution >= 4 is 17.5 Å². The van der Waals surface area contributed by atoms with E-state index in [0.717, 1.165) is 16.7 Å². The lowest BCUT2D eigenvalue weighted by Gasteiger charge is -2.17. The highest BCUT2D eigenvalue weighted by molar-refractivity contribution is 5.98. The van der Waals surface area contributed by atoms with Crippen LogP contribution < -0.4 is 5.32 Å². The quantitative estimate of drug-likeness (QED) is 0.353. The van der Waals surface area contributed by atoms with Crippen LogP contribution >= 0.6 is 0 Å². The van der Waals surface area contributed by atoms with Gasteiger partial charge in [-0.05, 0) is 34.9 Å². The van der Waals surface area contributed by atoms with E-state index < -0.39 is 11.0 Å². The number of nitro benzene ring substituents is 1. The van der Waals surface area contributed by atoms with Gasteiger partial charge in [-0.2, -0.15) is 0 Å². The zero-order valence-electron chi connectivity index (χ0n) is 15.2. The van der Waals surface area contributed by atoms with Crippen LogP contribution in [0.2, 0.25) is 0 Å². The minimum Gasteiger partial charge on any atom is -0.299 e. The molecule has 0 saturated carbocycles. The summed E-state index contributed by atoms with van der Waals surface area (Å²) < 4.78 is 0. The number of nitrogens with zero attached hydrogens (tertiary/aromatic N) is 1. The average Bonchev–Trinajstić information content (AvgIpc) is 2.74. The van der Waals surface area contributed by atoms with Gasteiger partial charge in [-0.3, -0.25) is 20.2 Å². The van der Waals surface area contributed by atoms with Gasteiger partial charge in [0.05, 0.1) is 11.0 Å². The standard InChI is InChI=1S/C23H20N2O3/c26-22(16-13-18-11-14-21(15-12-18)25(27)28)23(20-9-5-2-6-10-20)24-17-19-7-3-1-4-8-19/h1-16,23-24H,17H2. The first-order valence-electron chi connectivity index (χ1n) is 8.92. The molecule has 0 aromatic heterocycles. The summed E-state index contributed by atoms with van der Waals surface area (Å²) in [5.41, 5.74) is 2.73. The molecule has 0 amide bonds. The molecule has 0 saturated heterocycles. The van der Waals surface area contributed by atoms with E-state index in [9.17, 15) is 14.9 Å². The third-order valence-corrected chi connectivity index (χ3v) is 4.31. The third-order valence-electron chi connectivity index (χ3n) is 4.31. The highest BCUT2D eigenvalue weighted by atomic mass is 16.6. The molecule has 5 heteroatoms. The number of rotatable bonds is 8. The largest absolute Gasteiger partial charge is 0.299 e. The maximum absolute atomic E-state index is 12.9. The van der Waals surface area contributed by atoms with Gasteiger partial charge in [0, 0.05) is 18.7 Å². The molecule has 3 aromatic carbocycles. The summed E-state index contributed by atoms with van der Waals surface area (Å²) in [5, 5.41) is 14.1. The van der Waals surface area contributed by atoms with E-state index in [0.29, 0.717) is 6.54 Å². The van der Waals surface area contributed by atoms with Crippen LogP contribution in [0.5, 0.6) is 0 Å². The molecular weight excluding hydrogens is 352 g/mol. The topological polar surface area (TPSA) is 72.2 Å². The third kappa shape index (κ3) is 5.22. The number of nitrogens with one attached hydrogen (secondary N) is 1. The number of hydrogen-bond donors (Lipinski definition) is 1. The van der Waals surface area contributed by atoms with Crippen molar-refractivity contribution in [2.45, 2.75) is 12.6 Å². The van der Waals surface area contributed by atoms with Crippen LogP contribution in [-0.4, -0.2) is 10.7 Å². The zero-order chi connectivity index (χ0) is 19.8. The molecule has 5 nitrogen and oxygen atoms in total. The molecule has 0 heterocycles. The van der Waals surface area contributed by atoms with E-state index in [4.69, 9.17) is 0 Å². The van der Waals surface area contributed by atoms with E-state index in [1.807, 2.05) is 60.7 Å². The molecule has 0 aliphatic rings. The van der Waals surface area contributed by atoms with E-state index in [1.165, 1.54) is 18.2 Å². The lowest BCUT2D eigenvalue weighted by Crippen LogP contribution is -2.27. The van der Waals surface area contributed by atoms with E-state index in [2.05, 4.69) is 5.32 Å². The number of nitro groups is 1. The van der Waals surface area contributed by atoms with Crippen LogP contribution in [0, 0.1) is 10.1 Å². The number of ketones is 1. The number of hydrogen-bond acceptors (Lipinski definition) is 4. The number of carbonyl (C=O) groups is 1. The molecule has 1 unspecified atom stereocenters. The van der Waals surface area contributed by atoms with Crippen LogP contribution in [0.4, 0.5) is 5.69 Å². The van der Waals surface area contributed by atoms with Crippen LogP contribution in [0.15, 0.2) is 91.0 Å². The summed E-state index contributed by atoms with van der Waals surface area (Å²) >= 11 is 0. The fraction of sp³-hybridized carbons (Fsp3) is 0.0870. The van der Waals surface area contributed by atoms with E-state index in [1.54, 1.807) is 18.2 Å². The molecular formula is C23H20N2O3. The first-order valence-corrected chi connectivity index (χ1v) is 8.92. The van der Waals surface area contributed by atoms with Gasteiger partial charge in [-0.25, -0.2) is 0 Å². The first kappa shape index (κ1) is 19.2. The molecule has 3 aromatic rings. The monoisotopic (exact) mass is 372 g/mol. The summed E-state index contributed by atoms with van der Waals surface area (Å²) in [4.78, 5) is 23.1. The molecule has 1 atom stereocenters. The Morgan fingerprint density at radius 2 is 1.54 bits per heavy atom. The maximum Gasteiger partial charge on any atom is 0.269 e. The highest BCUT2D eigenvalue weighted by Gasteiger charge is 2.17. The number of benzene rings is 3. The van der Waals surface area contributed by atoms with Crippen molar-refractivity contribution in [3.63, 3.8) is 0 Å². The van der Waals surface area contributed by atoms with Crippen LogP contribution in [0.3, 0.4) is 0 Å². The van der Waals surface area contributed by atoms with Crippen molar-refractivity contribution in [1.82, 2.24) is 5.32 Å². The van der Waals surface area contributed by atoms with Crippen molar-refractivity contribution in [3.8, 4) is 0 Å². The second-order valence-corrected chi connectivity index (χ2v) is 6.29. The Kier molecular flexibility index (Phi) is 6.44. The lowest BCUT2D eigenvalue weighted by molar-refractivity contribution is -0.384. The fourth-order valence-electron chi connectivity index (χ4n) is 2.83. The second kappa shape index (κ2) is 9.39. The normalized spacial score (nSPS) is 12.0. The number of carbonyl (C=O) groups excluding carboxylic acids is 1.